The van der Waals surface area contributed by atoms with E-state index in [-0.39, 0.29) is 12.3 Å². The van der Waals surface area contributed by atoms with Gasteiger partial charge in [0.1, 0.15) is 18.1 Å². The Morgan fingerprint density at radius 3 is 2.13 bits per heavy atom. The maximum atomic E-state index is 12.7. The number of carboxylic acids is 2. The first kappa shape index (κ1) is 26.3. The van der Waals surface area contributed by atoms with Gasteiger partial charge in [-0.15, -0.1) is 0 Å². The molecule has 1 saturated heterocycles. The molecule has 0 aromatic heterocycles. The van der Waals surface area contributed by atoms with E-state index in [2.05, 4.69) is 16.0 Å². The fraction of sp³-hybridized carbons (Fsp3) is 0.722. The van der Waals surface area contributed by atoms with Gasteiger partial charge in [0.05, 0.1) is 19.1 Å². The number of amides is 3. The summed E-state index contributed by atoms with van der Waals surface area (Å²) in [5.41, 5.74) is 5.47. The Bertz CT molecular complexity index is 653. The number of rotatable bonds is 14. The molecule has 0 bridgehead atoms. The van der Waals surface area contributed by atoms with E-state index in [4.69, 9.17) is 15.9 Å². The van der Waals surface area contributed by atoms with Gasteiger partial charge in [0, 0.05) is 0 Å². The Balaban J connectivity index is 2.78. The Labute approximate surface area is 179 Å². The van der Waals surface area contributed by atoms with E-state index in [1.54, 1.807) is 0 Å². The molecule has 1 heterocycles. The molecule has 0 aliphatic carbocycles. The van der Waals surface area contributed by atoms with Gasteiger partial charge in [0.15, 0.2) is 0 Å². The second-order valence-corrected chi connectivity index (χ2v) is 7.24. The predicted octanol–water partition coefficient (Wildman–Crippen LogP) is -3.13. The lowest BCUT2D eigenvalue weighted by Crippen LogP contribution is -2.58. The average molecular weight is 445 g/mol. The minimum atomic E-state index is -1.73. The highest BCUT2D eigenvalue weighted by Crippen LogP contribution is 2.07. The molecule has 0 aromatic carbocycles. The molecule has 3 amide bonds. The van der Waals surface area contributed by atoms with Crippen molar-refractivity contribution in [1.82, 2.24) is 21.3 Å². The van der Waals surface area contributed by atoms with Crippen molar-refractivity contribution < 1.29 is 39.3 Å². The lowest BCUT2D eigenvalue weighted by atomic mass is 10.1. The average Bonchev–Trinajstić information content (AvgIpc) is 3.25. The number of aliphatic hydroxyl groups is 1. The second kappa shape index (κ2) is 13.5. The van der Waals surface area contributed by atoms with Crippen molar-refractivity contribution in [3.05, 3.63) is 0 Å². The van der Waals surface area contributed by atoms with Crippen LogP contribution in [0.1, 0.15) is 38.5 Å². The number of hydrogen-bond donors (Lipinski definition) is 8. The van der Waals surface area contributed by atoms with Crippen LogP contribution in [0.25, 0.3) is 0 Å². The molecular weight excluding hydrogens is 414 g/mol. The van der Waals surface area contributed by atoms with Crippen LogP contribution in [0.15, 0.2) is 0 Å². The van der Waals surface area contributed by atoms with E-state index in [1.807, 2.05) is 5.32 Å². The summed E-state index contributed by atoms with van der Waals surface area (Å²) >= 11 is 0. The summed E-state index contributed by atoms with van der Waals surface area (Å²) in [6.07, 6.45) is 1.97. The lowest BCUT2D eigenvalue weighted by molar-refractivity contribution is -0.147. The van der Waals surface area contributed by atoms with E-state index in [0.717, 1.165) is 6.42 Å². The van der Waals surface area contributed by atoms with E-state index >= 15 is 0 Å². The molecule has 13 heteroatoms. The van der Waals surface area contributed by atoms with Crippen LogP contribution in [-0.2, 0) is 24.0 Å². The van der Waals surface area contributed by atoms with Crippen LogP contribution in [0.4, 0.5) is 0 Å². The van der Waals surface area contributed by atoms with Crippen LogP contribution >= 0.6 is 0 Å². The minimum absolute atomic E-state index is 0.248. The van der Waals surface area contributed by atoms with Crippen molar-refractivity contribution in [2.24, 2.45) is 5.73 Å². The van der Waals surface area contributed by atoms with Crippen molar-refractivity contribution in [2.45, 2.75) is 62.7 Å². The number of nitrogens with two attached hydrogens (primary N) is 1. The van der Waals surface area contributed by atoms with E-state index in [0.29, 0.717) is 32.4 Å². The summed E-state index contributed by atoms with van der Waals surface area (Å²) in [6, 6.07) is -4.67. The number of carbonyl (C=O) groups excluding carboxylic acids is 3. The molecule has 1 aliphatic heterocycles. The summed E-state index contributed by atoms with van der Waals surface area (Å²) in [5, 5.41) is 37.2. The summed E-state index contributed by atoms with van der Waals surface area (Å²) in [4.78, 5) is 59.2. The normalized spacial score (nSPS) is 18.5. The zero-order valence-corrected chi connectivity index (χ0v) is 17.1. The fourth-order valence-electron chi connectivity index (χ4n) is 3.06. The van der Waals surface area contributed by atoms with Crippen LogP contribution in [-0.4, -0.2) is 88.8 Å². The molecule has 0 spiro atoms. The SMILES string of the molecule is NCCCCC(NC(=O)C1CCCN1)C(=O)NC(CO)C(=O)NC(CC(=O)O)C(=O)O. The zero-order valence-electron chi connectivity index (χ0n) is 17.1. The maximum Gasteiger partial charge on any atom is 0.326 e. The smallest absolute Gasteiger partial charge is 0.326 e. The highest BCUT2D eigenvalue weighted by atomic mass is 16.4. The Morgan fingerprint density at radius 1 is 0.968 bits per heavy atom. The lowest BCUT2D eigenvalue weighted by Gasteiger charge is -2.24. The highest BCUT2D eigenvalue weighted by Gasteiger charge is 2.31. The standard InChI is InChI=1S/C18H31N5O8/c19-6-2-1-4-11(21-15(27)10-5-3-7-20-10)16(28)23-13(9-24)17(29)22-12(18(30)31)8-14(25)26/h10-13,20,24H,1-9,19H2,(H,21,27)(H,22,29)(H,23,28)(H,25,26)(H,30,31). The number of carbonyl (C=O) groups is 5. The quantitative estimate of drug-likeness (QED) is 0.126. The molecule has 4 unspecified atom stereocenters. The van der Waals surface area contributed by atoms with Gasteiger partial charge in [-0.1, -0.05) is 0 Å². The summed E-state index contributed by atoms with van der Waals surface area (Å²) in [6.45, 7) is 0.231. The van der Waals surface area contributed by atoms with Crippen LogP contribution in [0.3, 0.4) is 0 Å². The van der Waals surface area contributed by atoms with Crippen molar-refractivity contribution >= 4 is 29.7 Å². The molecule has 1 aliphatic rings. The highest BCUT2D eigenvalue weighted by molar-refractivity contribution is 5.94. The number of unbranched alkanes of at least 4 members (excludes halogenated alkanes) is 1. The van der Waals surface area contributed by atoms with Crippen LogP contribution < -0.4 is 27.0 Å². The fourth-order valence-corrected chi connectivity index (χ4v) is 3.06. The van der Waals surface area contributed by atoms with Gasteiger partial charge in [-0.3, -0.25) is 19.2 Å². The van der Waals surface area contributed by atoms with Crippen molar-refractivity contribution in [3.8, 4) is 0 Å². The molecule has 4 atom stereocenters. The summed E-state index contributed by atoms with van der Waals surface area (Å²) in [5.74, 6) is -5.17. The first-order valence-electron chi connectivity index (χ1n) is 10.1. The van der Waals surface area contributed by atoms with Crippen molar-refractivity contribution in [2.75, 3.05) is 19.7 Å². The summed E-state index contributed by atoms with van der Waals surface area (Å²) in [7, 11) is 0. The third kappa shape index (κ3) is 9.27. The molecule has 1 rings (SSSR count). The number of nitrogens with one attached hydrogen (secondary N) is 4. The van der Waals surface area contributed by atoms with Crippen LogP contribution in [0.5, 0.6) is 0 Å². The maximum absolute atomic E-state index is 12.7. The topological polar surface area (TPSA) is 220 Å². The van der Waals surface area contributed by atoms with Gasteiger partial charge in [0.2, 0.25) is 17.7 Å². The Morgan fingerprint density at radius 2 is 1.61 bits per heavy atom. The number of aliphatic hydroxyl groups excluding tert-OH is 1. The van der Waals surface area contributed by atoms with Crippen LogP contribution in [0, 0.1) is 0 Å². The molecule has 1 fully saturated rings. The molecule has 31 heavy (non-hydrogen) atoms. The molecule has 9 N–H and O–H groups in total. The van der Waals surface area contributed by atoms with E-state index in [9.17, 15) is 29.1 Å². The monoisotopic (exact) mass is 445 g/mol. The van der Waals surface area contributed by atoms with Gasteiger partial charge >= 0.3 is 11.9 Å². The number of carboxylic acid groups (broad SMARTS) is 2. The zero-order chi connectivity index (χ0) is 23.4. The molecule has 0 aromatic rings. The minimum Gasteiger partial charge on any atom is -0.481 e. The summed E-state index contributed by atoms with van der Waals surface area (Å²) < 4.78 is 0. The molecule has 0 radical (unpaired) electrons. The predicted molar refractivity (Wildman–Crippen MR) is 107 cm³/mol. The number of hydrogen-bond acceptors (Lipinski definition) is 8. The van der Waals surface area contributed by atoms with Crippen LogP contribution in [0.2, 0.25) is 0 Å². The van der Waals surface area contributed by atoms with Gasteiger partial charge in [0.25, 0.3) is 0 Å². The molecular formula is C18H31N5O8. The largest absolute Gasteiger partial charge is 0.481 e. The first-order valence-corrected chi connectivity index (χ1v) is 10.1. The molecule has 0 saturated carbocycles. The third-order valence-corrected chi connectivity index (χ3v) is 4.77. The Kier molecular flexibility index (Phi) is 11.5. The molecule has 13 nitrogen and oxygen atoms in total. The third-order valence-electron chi connectivity index (χ3n) is 4.77. The van der Waals surface area contributed by atoms with Crippen molar-refractivity contribution in [1.29, 1.82) is 0 Å². The molecule has 176 valence electrons. The van der Waals surface area contributed by atoms with Gasteiger partial charge in [-0.2, -0.15) is 0 Å². The number of aliphatic carboxylic acids is 2. The van der Waals surface area contributed by atoms with Gasteiger partial charge in [-0.25, -0.2) is 4.79 Å². The van der Waals surface area contributed by atoms with Gasteiger partial charge in [-0.05, 0) is 45.2 Å². The van der Waals surface area contributed by atoms with E-state index in [1.165, 1.54) is 0 Å². The first-order chi connectivity index (χ1) is 14.7. The van der Waals surface area contributed by atoms with Gasteiger partial charge < -0.3 is 42.3 Å². The van der Waals surface area contributed by atoms with E-state index < -0.39 is 60.9 Å². The second-order valence-electron chi connectivity index (χ2n) is 7.24. The van der Waals surface area contributed by atoms with Crippen molar-refractivity contribution in [3.63, 3.8) is 0 Å². The Hall–Kier alpha value is -2.77.